The van der Waals surface area contributed by atoms with Crippen molar-refractivity contribution in [1.29, 1.82) is 0 Å². The van der Waals surface area contributed by atoms with E-state index >= 15 is 0 Å². The van der Waals surface area contributed by atoms with Crippen LogP contribution in [0.15, 0.2) is 42.7 Å². The first kappa shape index (κ1) is 27.6. The zero-order valence-corrected chi connectivity index (χ0v) is 21.0. The van der Waals surface area contributed by atoms with Crippen molar-refractivity contribution >= 4 is 34.8 Å². The second kappa shape index (κ2) is 11.5. The smallest absolute Gasteiger partial charge is 0.397 e. The Bertz CT molecular complexity index is 1480. The molecule has 0 unspecified atom stereocenters. The summed E-state index contributed by atoms with van der Waals surface area (Å²) >= 11 is 6.20. The van der Waals surface area contributed by atoms with Crippen LogP contribution in [0.3, 0.4) is 0 Å². The van der Waals surface area contributed by atoms with Gasteiger partial charge in [-0.3, -0.25) is 19.7 Å². The highest BCUT2D eigenvalue weighted by Gasteiger charge is 2.38. The number of benzene rings is 1. The number of halogens is 4. The van der Waals surface area contributed by atoms with Gasteiger partial charge in [0.1, 0.15) is 0 Å². The van der Waals surface area contributed by atoms with Gasteiger partial charge in [-0.15, -0.1) is 0 Å². The number of aromatic amines is 2. The SMILES string of the molecule is NCCCNC(=O)c1ccc(NC(=O)c2ncc(Cc3c(C(F)(F)F)n[nH]c3-c3ccc(N)cn3)[nH]2)cc1Cl. The van der Waals surface area contributed by atoms with E-state index in [-0.39, 0.29) is 57.1 Å². The number of aromatic nitrogens is 5. The number of imidazole rings is 1. The molecule has 1 aromatic carbocycles. The zero-order chi connectivity index (χ0) is 28.2. The van der Waals surface area contributed by atoms with Crippen LogP contribution < -0.4 is 22.1 Å². The Morgan fingerprint density at radius 3 is 2.54 bits per heavy atom. The molecule has 0 bridgehead atoms. The number of nitrogens with zero attached hydrogens (tertiary/aromatic N) is 3. The molecule has 0 saturated carbocycles. The van der Waals surface area contributed by atoms with Gasteiger partial charge in [-0.1, -0.05) is 11.6 Å². The largest absolute Gasteiger partial charge is 0.435 e. The van der Waals surface area contributed by atoms with Gasteiger partial charge in [0.2, 0.25) is 0 Å². The third-order valence-electron chi connectivity index (χ3n) is 5.53. The summed E-state index contributed by atoms with van der Waals surface area (Å²) in [5.74, 6) is -1.19. The summed E-state index contributed by atoms with van der Waals surface area (Å²) in [6.07, 6.45) is -1.82. The number of carbonyl (C=O) groups is 2. The number of nitrogens with two attached hydrogens (primary N) is 2. The number of carbonyl (C=O) groups excluding carboxylic acids is 2. The minimum atomic E-state index is -4.73. The Kier molecular flexibility index (Phi) is 8.16. The van der Waals surface area contributed by atoms with Crippen molar-refractivity contribution in [3.63, 3.8) is 0 Å². The second-order valence-corrected chi connectivity index (χ2v) is 8.79. The highest BCUT2D eigenvalue weighted by molar-refractivity contribution is 6.34. The van der Waals surface area contributed by atoms with Gasteiger partial charge < -0.3 is 27.1 Å². The minimum Gasteiger partial charge on any atom is -0.397 e. The molecule has 39 heavy (non-hydrogen) atoms. The fraction of sp³-hybridized carbons (Fsp3) is 0.208. The van der Waals surface area contributed by atoms with Crippen LogP contribution in [0.1, 0.15) is 44.3 Å². The number of alkyl halides is 3. The summed E-state index contributed by atoms with van der Waals surface area (Å²) in [5.41, 5.74) is 11.1. The topological polar surface area (TPSA) is 180 Å². The van der Waals surface area contributed by atoms with E-state index < -0.39 is 17.8 Å². The first-order chi connectivity index (χ1) is 18.6. The molecule has 0 fully saturated rings. The summed E-state index contributed by atoms with van der Waals surface area (Å²) in [4.78, 5) is 35.7. The average Bonchev–Trinajstić information content (AvgIpc) is 3.52. The van der Waals surface area contributed by atoms with Crippen molar-refractivity contribution in [2.75, 3.05) is 24.1 Å². The fourth-order valence-corrected chi connectivity index (χ4v) is 3.92. The lowest BCUT2D eigenvalue weighted by molar-refractivity contribution is -0.141. The van der Waals surface area contributed by atoms with E-state index in [4.69, 9.17) is 23.1 Å². The molecule has 3 heterocycles. The number of amides is 2. The van der Waals surface area contributed by atoms with E-state index in [1.54, 1.807) is 0 Å². The van der Waals surface area contributed by atoms with Crippen molar-refractivity contribution in [3.05, 3.63) is 76.1 Å². The van der Waals surface area contributed by atoms with Crippen molar-refractivity contribution < 1.29 is 22.8 Å². The Labute approximate surface area is 224 Å². The van der Waals surface area contributed by atoms with E-state index in [0.29, 0.717) is 25.2 Å². The molecule has 0 aliphatic carbocycles. The maximum atomic E-state index is 13.7. The lowest BCUT2D eigenvalue weighted by Crippen LogP contribution is -2.26. The van der Waals surface area contributed by atoms with Crippen LogP contribution in [0.25, 0.3) is 11.4 Å². The Morgan fingerprint density at radius 2 is 1.87 bits per heavy atom. The third-order valence-corrected chi connectivity index (χ3v) is 5.84. The average molecular weight is 562 g/mol. The maximum Gasteiger partial charge on any atom is 0.435 e. The molecule has 3 aromatic heterocycles. The molecule has 0 aliphatic rings. The molecule has 0 saturated heterocycles. The summed E-state index contributed by atoms with van der Waals surface area (Å²) in [5, 5.41) is 11.2. The van der Waals surface area contributed by atoms with Crippen LogP contribution in [0.4, 0.5) is 24.5 Å². The number of rotatable bonds is 9. The molecule has 4 rings (SSSR count). The zero-order valence-electron chi connectivity index (χ0n) is 20.2. The maximum absolute atomic E-state index is 13.7. The molecule has 4 aromatic rings. The predicted octanol–water partition coefficient (Wildman–Crippen LogP) is 3.37. The predicted molar refractivity (Wildman–Crippen MR) is 138 cm³/mol. The lowest BCUT2D eigenvalue weighted by Gasteiger charge is -2.09. The highest BCUT2D eigenvalue weighted by Crippen LogP contribution is 2.35. The summed E-state index contributed by atoms with van der Waals surface area (Å²) in [7, 11) is 0. The molecule has 0 atom stereocenters. The first-order valence-electron chi connectivity index (χ1n) is 11.6. The monoisotopic (exact) mass is 561 g/mol. The highest BCUT2D eigenvalue weighted by atomic mass is 35.5. The van der Waals surface area contributed by atoms with Gasteiger partial charge >= 0.3 is 6.18 Å². The van der Waals surface area contributed by atoms with Gasteiger partial charge in [0.15, 0.2) is 11.5 Å². The van der Waals surface area contributed by atoms with Crippen molar-refractivity contribution in [2.24, 2.45) is 5.73 Å². The molecule has 0 radical (unpaired) electrons. The van der Waals surface area contributed by atoms with Gasteiger partial charge in [-0.2, -0.15) is 18.3 Å². The number of pyridine rings is 1. The third kappa shape index (κ3) is 6.53. The van der Waals surface area contributed by atoms with Gasteiger partial charge in [-0.25, -0.2) is 4.98 Å². The van der Waals surface area contributed by atoms with E-state index in [9.17, 15) is 22.8 Å². The molecule has 2 amide bonds. The number of H-pyrrole nitrogens is 2. The molecular weight excluding hydrogens is 539 g/mol. The van der Waals surface area contributed by atoms with Crippen molar-refractivity contribution in [1.82, 2.24) is 30.5 Å². The summed E-state index contributed by atoms with van der Waals surface area (Å²) in [6.45, 7) is 0.826. The van der Waals surface area contributed by atoms with Crippen LogP contribution in [-0.2, 0) is 12.6 Å². The molecule has 15 heteroatoms. The van der Waals surface area contributed by atoms with Crippen LogP contribution in [0, 0.1) is 0 Å². The summed E-state index contributed by atoms with van der Waals surface area (Å²) < 4.78 is 41.0. The summed E-state index contributed by atoms with van der Waals surface area (Å²) in [6, 6.07) is 7.31. The van der Waals surface area contributed by atoms with Crippen molar-refractivity contribution in [3.8, 4) is 11.4 Å². The van der Waals surface area contributed by atoms with E-state index in [0.717, 1.165) is 0 Å². The number of nitrogens with one attached hydrogen (secondary N) is 4. The molecule has 8 N–H and O–H groups in total. The van der Waals surface area contributed by atoms with Gasteiger partial charge in [0, 0.05) is 36.1 Å². The van der Waals surface area contributed by atoms with Crippen molar-refractivity contribution in [2.45, 2.75) is 19.0 Å². The van der Waals surface area contributed by atoms with Gasteiger partial charge in [-0.05, 0) is 43.3 Å². The van der Waals surface area contributed by atoms with Gasteiger partial charge in [0.05, 0.1) is 33.9 Å². The standard InChI is InChI=1S/C24H23ClF3N9O2/c25-17-9-13(3-4-15(17)22(38)31-7-1-6-29)35-23(39)21-33-11-14(34-21)8-16-19(18-5-2-12(30)10-32-18)36-37-20(16)24(26,27)28/h2-5,9-11H,1,6-8,29-30H2,(H,31,38)(H,33,34)(H,35,39)(H,36,37). The van der Waals surface area contributed by atoms with Crippen LogP contribution in [-0.4, -0.2) is 50.1 Å². The van der Waals surface area contributed by atoms with E-state index in [2.05, 4.69) is 35.8 Å². The molecular formula is C24H23ClF3N9O2. The Morgan fingerprint density at radius 1 is 1.08 bits per heavy atom. The normalized spacial score (nSPS) is 11.4. The molecule has 0 aliphatic heterocycles. The lowest BCUT2D eigenvalue weighted by atomic mass is 10.0. The second-order valence-electron chi connectivity index (χ2n) is 8.38. The molecule has 204 valence electrons. The van der Waals surface area contributed by atoms with Crippen LogP contribution >= 0.6 is 11.6 Å². The number of hydrogen-bond acceptors (Lipinski definition) is 7. The quantitative estimate of drug-likeness (QED) is 0.169. The first-order valence-corrected chi connectivity index (χ1v) is 11.9. The van der Waals surface area contributed by atoms with Crippen LogP contribution in [0.2, 0.25) is 5.02 Å². The number of nitrogen functional groups attached to an aromatic ring is 1. The van der Waals surface area contributed by atoms with E-state index in [1.807, 2.05) is 0 Å². The Balaban J connectivity index is 1.50. The number of anilines is 2. The van der Waals surface area contributed by atoms with Gasteiger partial charge in [0.25, 0.3) is 11.8 Å². The molecule has 0 spiro atoms. The fourth-order valence-electron chi connectivity index (χ4n) is 3.66. The number of hydrogen-bond donors (Lipinski definition) is 6. The Hall–Kier alpha value is -4.43. The van der Waals surface area contributed by atoms with E-state index in [1.165, 1.54) is 42.7 Å². The van der Waals surface area contributed by atoms with Crippen LogP contribution in [0.5, 0.6) is 0 Å². The molecule has 11 nitrogen and oxygen atoms in total. The minimum absolute atomic E-state index is 0.0599.